The molecule has 0 amide bonds. The average molecular weight is 262 g/mol. The van der Waals surface area contributed by atoms with Crippen molar-refractivity contribution in [3.63, 3.8) is 0 Å². The van der Waals surface area contributed by atoms with Crippen LogP contribution in [-0.2, 0) is 11.3 Å². The molecule has 102 valence electrons. The minimum atomic E-state index is -0.104. The molecule has 6 nitrogen and oxygen atoms in total. The fraction of sp³-hybridized carbons (Fsp3) is 0.538. The Labute approximate surface area is 111 Å². The van der Waals surface area contributed by atoms with Gasteiger partial charge in [0.05, 0.1) is 19.3 Å². The lowest BCUT2D eigenvalue weighted by Crippen LogP contribution is -2.45. The molecular formula is C13H18N4O2. The number of aromatic nitrogens is 3. The molecule has 1 atom stereocenters. The van der Waals surface area contributed by atoms with Crippen LogP contribution in [0.25, 0.3) is 5.65 Å². The summed E-state index contributed by atoms with van der Waals surface area (Å²) in [6.45, 7) is 6.21. The van der Waals surface area contributed by atoms with Gasteiger partial charge in [0.15, 0.2) is 5.65 Å². The fourth-order valence-electron chi connectivity index (χ4n) is 2.46. The zero-order valence-electron chi connectivity index (χ0n) is 11.0. The van der Waals surface area contributed by atoms with Gasteiger partial charge >= 0.3 is 5.69 Å². The molecule has 1 aliphatic heterocycles. The molecule has 0 bridgehead atoms. The first-order valence-corrected chi connectivity index (χ1v) is 6.66. The molecule has 0 saturated carbocycles. The van der Waals surface area contributed by atoms with Gasteiger partial charge in [0.1, 0.15) is 0 Å². The molecule has 2 aromatic heterocycles. The van der Waals surface area contributed by atoms with Gasteiger partial charge in [-0.3, -0.25) is 9.30 Å². The van der Waals surface area contributed by atoms with Crippen molar-refractivity contribution in [1.82, 2.24) is 19.1 Å². The van der Waals surface area contributed by atoms with E-state index < -0.39 is 0 Å². The van der Waals surface area contributed by atoms with Gasteiger partial charge in [0, 0.05) is 19.3 Å². The van der Waals surface area contributed by atoms with Gasteiger partial charge in [0.2, 0.25) is 0 Å². The Bertz CT molecular complexity index is 618. The van der Waals surface area contributed by atoms with Gasteiger partial charge in [-0.1, -0.05) is 13.0 Å². The topological polar surface area (TPSA) is 51.8 Å². The molecule has 3 rings (SSSR count). The highest BCUT2D eigenvalue weighted by atomic mass is 16.5. The van der Waals surface area contributed by atoms with Crippen molar-refractivity contribution in [2.45, 2.75) is 19.6 Å². The van der Waals surface area contributed by atoms with Crippen LogP contribution < -0.4 is 5.69 Å². The maximum absolute atomic E-state index is 12.1. The first-order valence-electron chi connectivity index (χ1n) is 6.66. The number of hydrogen-bond donors (Lipinski definition) is 0. The Morgan fingerprint density at radius 3 is 3.16 bits per heavy atom. The Balaban J connectivity index is 1.81. The second-order valence-electron chi connectivity index (χ2n) is 4.78. The zero-order chi connectivity index (χ0) is 13.2. The van der Waals surface area contributed by atoms with Crippen LogP contribution in [-0.4, -0.2) is 51.4 Å². The van der Waals surface area contributed by atoms with E-state index in [1.807, 2.05) is 18.2 Å². The van der Waals surface area contributed by atoms with Crippen molar-refractivity contribution < 1.29 is 4.74 Å². The number of ether oxygens (including phenoxy) is 1. The van der Waals surface area contributed by atoms with E-state index in [-0.39, 0.29) is 11.8 Å². The number of fused-ring (bicyclic) bond motifs is 1. The first kappa shape index (κ1) is 12.4. The summed E-state index contributed by atoms with van der Waals surface area (Å²) in [6, 6.07) is 5.54. The Hall–Kier alpha value is -1.66. The van der Waals surface area contributed by atoms with Crippen molar-refractivity contribution in [3.05, 3.63) is 34.9 Å². The molecule has 0 aliphatic carbocycles. The third-order valence-corrected chi connectivity index (χ3v) is 3.54. The summed E-state index contributed by atoms with van der Waals surface area (Å²) in [4.78, 5) is 14.5. The highest BCUT2D eigenvalue weighted by molar-refractivity contribution is 5.35. The summed E-state index contributed by atoms with van der Waals surface area (Å²) in [7, 11) is 0. The van der Waals surface area contributed by atoms with Crippen LogP contribution in [0.15, 0.2) is 29.2 Å². The second-order valence-corrected chi connectivity index (χ2v) is 4.78. The lowest BCUT2D eigenvalue weighted by molar-refractivity contribution is -0.0362. The van der Waals surface area contributed by atoms with Crippen LogP contribution in [0.2, 0.25) is 0 Å². The summed E-state index contributed by atoms with van der Waals surface area (Å²) >= 11 is 0. The number of pyridine rings is 1. The molecule has 6 heteroatoms. The first-order chi connectivity index (χ1) is 9.28. The molecule has 3 heterocycles. The smallest absolute Gasteiger partial charge is 0.350 e. The Morgan fingerprint density at radius 2 is 2.37 bits per heavy atom. The minimum Gasteiger partial charge on any atom is -0.374 e. The Morgan fingerprint density at radius 1 is 1.47 bits per heavy atom. The normalized spacial score (nSPS) is 21.0. The predicted octanol–water partition coefficient (Wildman–Crippen LogP) is 0.217. The van der Waals surface area contributed by atoms with Crippen LogP contribution in [0.4, 0.5) is 0 Å². The maximum Gasteiger partial charge on any atom is 0.350 e. The number of rotatable bonds is 3. The number of nitrogens with zero attached hydrogens (tertiary/aromatic N) is 4. The molecule has 0 aromatic carbocycles. The van der Waals surface area contributed by atoms with E-state index in [2.05, 4.69) is 16.9 Å². The predicted molar refractivity (Wildman–Crippen MR) is 71.3 cm³/mol. The van der Waals surface area contributed by atoms with Crippen LogP contribution in [0.3, 0.4) is 0 Å². The summed E-state index contributed by atoms with van der Waals surface area (Å²) in [6.07, 6.45) is 1.78. The highest BCUT2D eigenvalue weighted by Crippen LogP contribution is 2.06. The SMILES string of the molecule is CCN1CCOC(Cn2nc3ccccn3c2=O)C1. The molecule has 19 heavy (non-hydrogen) atoms. The summed E-state index contributed by atoms with van der Waals surface area (Å²) in [5.74, 6) is 0. The quantitative estimate of drug-likeness (QED) is 0.794. The van der Waals surface area contributed by atoms with Crippen LogP contribution in [0.1, 0.15) is 6.92 Å². The van der Waals surface area contributed by atoms with Gasteiger partial charge in [-0.05, 0) is 18.7 Å². The summed E-state index contributed by atoms with van der Waals surface area (Å²) in [5, 5.41) is 4.33. The number of hydrogen-bond acceptors (Lipinski definition) is 4. The van der Waals surface area contributed by atoms with E-state index in [4.69, 9.17) is 4.74 Å². The molecule has 0 N–H and O–H groups in total. The van der Waals surface area contributed by atoms with Gasteiger partial charge in [-0.2, -0.15) is 0 Å². The van der Waals surface area contributed by atoms with Crippen LogP contribution in [0.5, 0.6) is 0 Å². The van der Waals surface area contributed by atoms with E-state index >= 15 is 0 Å². The van der Waals surface area contributed by atoms with E-state index in [0.717, 1.165) is 26.2 Å². The third-order valence-electron chi connectivity index (χ3n) is 3.54. The minimum absolute atomic E-state index is 0.0383. The van der Waals surface area contributed by atoms with Crippen LogP contribution >= 0.6 is 0 Å². The van der Waals surface area contributed by atoms with Crippen LogP contribution in [0, 0.1) is 0 Å². The molecule has 0 radical (unpaired) electrons. The molecule has 1 aliphatic rings. The van der Waals surface area contributed by atoms with Crippen molar-refractivity contribution in [2.24, 2.45) is 0 Å². The van der Waals surface area contributed by atoms with Gasteiger partial charge < -0.3 is 4.74 Å². The molecule has 1 fully saturated rings. The van der Waals surface area contributed by atoms with Gasteiger partial charge in [0.25, 0.3) is 0 Å². The molecular weight excluding hydrogens is 244 g/mol. The maximum atomic E-state index is 12.1. The largest absolute Gasteiger partial charge is 0.374 e. The van der Waals surface area contributed by atoms with Gasteiger partial charge in [-0.15, -0.1) is 5.10 Å². The zero-order valence-corrected chi connectivity index (χ0v) is 11.0. The summed E-state index contributed by atoms with van der Waals surface area (Å²) < 4.78 is 8.77. The standard InChI is InChI=1S/C13H18N4O2/c1-2-15-7-8-19-11(9-15)10-17-13(18)16-6-4-3-5-12(16)14-17/h3-6,11H,2,7-10H2,1H3. The monoisotopic (exact) mass is 262 g/mol. The van der Waals surface area contributed by atoms with Crippen molar-refractivity contribution >= 4 is 5.65 Å². The van der Waals surface area contributed by atoms with E-state index in [1.54, 1.807) is 10.6 Å². The average Bonchev–Trinajstić information content (AvgIpc) is 2.76. The van der Waals surface area contributed by atoms with Gasteiger partial charge in [-0.25, -0.2) is 9.48 Å². The third kappa shape index (κ3) is 2.41. The van der Waals surface area contributed by atoms with E-state index in [9.17, 15) is 4.79 Å². The van der Waals surface area contributed by atoms with Crippen molar-refractivity contribution in [3.8, 4) is 0 Å². The fourth-order valence-corrected chi connectivity index (χ4v) is 2.46. The van der Waals surface area contributed by atoms with Crippen molar-refractivity contribution in [2.75, 3.05) is 26.2 Å². The Kier molecular flexibility index (Phi) is 3.35. The summed E-state index contributed by atoms with van der Waals surface area (Å²) in [5.41, 5.74) is 0.573. The molecule has 2 aromatic rings. The lowest BCUT2D eigenvalue weighted by atomic mass is 10.2. The lowest BCUT2D eigenvalue weighted by Gasteiger charge is -2.31. The highest BCUT2D eigenvalue weighted by Gasteiger charge is 2.21. The molecule has 1 saturated heterocycles. The second kappa shape index (κ2) is 5.14. The number of likely N-dealkylation sites (N-methyl/N-ethyl adjacent to an activating group) is 1. The molecule has 1 unspecified atom stereocenters. The van der Waals surface area contributed by atoms with E-state index in [1.165, 1.54) is 4.68 Å². The molecule has 0 spiro atoms. The number of morpholine rings is 1. The van der Waals surface area contributed by atoms with E-state index in [0.29, 0.717) is 12.2 Å². The van der Waals surface area contributed by atoms with Crippen molar-refractivity contribution in [1.29, 1.82) is 0 Å².